The van der Waals surface area contributed by atoms with Crippen LogP contribution in [0.5, 0.6) is 0 Å². The zero-order valence-corrected chi connectivity index (χ0v) is 15.5. The molecule has 1 saturated heterocycles. The second kappa shape index (κ2) is 8.81. The molecule has 0 bridgehead atoms. The standard InChI is InChI=1S/C19H30N2O3/c1-7-8-20-15(6)13(4)14(5)18(22)21-10-16(12(2)3)9-17(11-21)19(23)24/h7-8,12-13,16-17H,5,9-11H2,1-4,6H3,(H,23,24)/b8-7-,20-15?. The van der Waals surface area contributed by atoms with Gasteiger partial charge in [0.25, 0.3) is 0 Å². The molecule has 1 aliphatic heterocycles. The summed E-state index contributed by atoms with van der Waals surface area (Å²) in [5, 5.41) is 9.38. The van der Waals surface area contributed by atoms with Crippen molar-refractivity contribution in [1.82, 2.24) is 4.90 Å². The molecule has 0 spiro atoms. The molecule has 1 heterocycles. The van der Waals surface area contributed by atoms with Crippen LogP contribution in [0.25, 0.3) is 0 Å². The van der Waals surface area contributed by atoms with E-state index in [0.717, 1.165) is 5.71 Å². The van der Waals surface area contributed by atoms with Gasteiger partial charge in [0, 0.05) is 36.5 Å². The summed E-state index contributed by atoms with van der Waals surface area (Å²) in [6, 6.07) is 0. The highest BCUT2D eigenvalue weighted by atomic mass is 16.4. The molecule has 0 saturated carbocycles. The lowest BCUT2D eigenvalue weighted by molar-refractivity contribution is -0.146. The maximum absolute atomic E-state index is 12.8. The van der Waals surface area contributed by atoms with E-state index in [0.29, 0.717) is 24.5 Å². The fourth-order valence-corrected chi connectivity index (χ4v) is 2.91. The number of carbonyl (C=O) groups is 2. The van der Waals surface area contributed by atoms with Crippen molar-refractivity contribution >= 4 is 17.6 Å². The summed E-state index contributed by atoms with van der Waals surface area (Å²) in [7, 11) is 0. The zero-order chi connectivity index (χ0) is 18.4. The third-order valence-electron chi connectivity index (χ3n) is 4.91. The van der Waals surface area contributed by atoms with Gasteiger partial charge in [-0.3, -0.25) is 14.6 Å². The Hall–Kier alpha value is -1.91. The molecule has 3 unspecified atom stereocenters. The van der Waals surface area contributed by atoms with Crippen LogP contribution in [-0.4, -0.2) is 40.7 Å². The Bertz CT molecular complexity index is 549. The first-order valence-electron chi connectivity index (χ1n) is 8.55. The number of carboxylic acids is 1. The molecule has 0 aliphatic carbocycles. The van der Waals surface area contributed by atoms with Crippen LogP contribution in [0.1, 0.15) is 41.0 Å². The van der Waals surface area contributed by atoms with Gasteiger partial charge in [0.05, 0.1) is 5.92 Å². The molecule has 0 aromatic rings. The van der Waals surface area contributed by atoms with Crippen LogP contribution in [0.15, 0.2) is 29.4 Å². The third-order valence-corrected chi connectivity index (χ3v) is 4.91. The minimum absolute atomic E-state index is 0.158. The number of likely N-dealkylation sites (tertiary alicyclic amines) is 1. The van der Waals surface area contributed by atoms with Crippen molar-refractivity contribution in [2.24, 2.45) is 28.7 Å². The smallest absolute Gasteiger partial charge is 0.308 e. The first-order chi connectivity index (χ1) is 11.2. The number of hydrogen-bond donors (Lipinski definition) is 1. The molecule has 0 aromatic heterocycles. The quantitative estimate of drug-likeness (QED) is 0.598. The molecule has 0 radical (unpaired) electrons. The Kier molecular flexibility index (Phi) is 7.39. The highest BCUT2D eigenvalue weighted by Crippen LogP contribution is 2.29. The summed E-state index contributed by atoms with van der Waals surface area (Å²) >= 11 is 0. The largest absolute Gasteiger partial charge is 0.481 e. The SMILES string of the molecule is C=C(C(=O)N1CC(C(=O)O)CC(C(C)C)C1)C(C)C(C)=N/C=C\C. The van der Waals surface area contributed by atoms with E-state index in [-0.39, 0.29) is 24.3 Å². The van der Waals surface area contributed by atoms with Crippen molar-refractivity contribution < 1.29 is 14.7 Å². The van der Waals surface area contributed by atoms with Gasteiger partial charge in [0.15, 0.2) is 0 Å². The van der Waals surface area contributed by atoms with Crippen molar-refractivity contribution in [2.45, 2.75) is 41.0 Å². The number of amides is 1. The first-order valence-corrected chi connectivity index (χ1v) is 8.55. The fraction of sp³-hybridized carbons (Fsp3) is 0.632. The van der Waals surface area contributed by atoms with Gasteiger partial charge in [0.2, 0.25) is 5.91 Å². The van der Waals surface area contributed by atoms with Gasteiger partial charge in [-0.25, -0.2) is 0 Å². The van der Waals surface area contributed by atoms with Crippen LogP contribution in [0, 0.1) is 23.7 Å². The number of carbonyl (C=O) groups excluding carboxylic acids is 1. The van der Waals surface area contributed by atoms with Crippen LogP contribution in [0.3, 0.4) is 0 Å². The lowest BCUT2D eigenvalue weighted by Gasteiger charge is -2.38. The van der Waals surface area contributed by atoms with E-state index < -0.39 is 11.9 Å². The normalized spacial score (nSPS) is 23.6. The number of nitrogens with zero attached hydrogens (tertiary/aromatic N) is 2. The van der Waals surface area contributed by atoms with Crippen LogP contribution in [0.2, 0.25) is 0 Å². The molecular formula is C19H30N2O3. The Morgan fingerprint density at radius 3 is 2.42 bits per heavy atom. The number of aliphatic carboxylic acids is 1. The van der Waals surface area contributed by atoms with Gasteiger partial charge in [-0.15, -0.1) is 0 Å². The lowest BCUT2D eigenvalue weighted by Crippen LogP contribution is -2.48. The molecule has 5 heteroatoms. The predicted octanol–water partition coefficient (Wildman–Crippen LogP) is 3.38. The molecule has 1 fully saturated rings. The van der Waals surface area contributed by atoms with Gasteiger partial charge < -0.3 is 10.0 Å². The van der Waals surface area contributed by atoms with Crippen molar-refractivity contribution in [3.8, 4) is 0 Å². The monoisotopic (exact) mass is 334 g/mol. The number of allylic oxidation sites excluding steroid dienone is 1. The summed E-state index contributed by atoms with van der Waals surface area (Å²) < 4.78 is 0. The van der Waals surface area contributed by atoms with Crippen LogP contribution >= 0.6 is 0 Å². The van der Waals surface area contributed by atoms with E-state index in [2.05, 4.69) is 25.4 Å². The Morgan fingerprint density at radius 2 is 1.92 bits per heavy atom. The van der Waals surface area contributed by atoms with Gasteiger partial charge in [-0.05, 0) is 32.1 Å². The minimum Gasteiger partial charge on any atom is -0.481 e. The number of hydrogen-bond acceptors (Lipinski definition) is 3. The van der Waals surface area contributed by atoms with Gasteiger partial charge in [-0.1, -0.05) is 33.4 Å². The number of piperidine rings is 1. The van der Waals surface area contributed by atoms with E-state index in [1.807, 2.05) is 26.8 Å². The summed E-state index contributed by atoms with van der Waals surface area (Å²) in [6.07, 6.45) is 4.15. The number of rotatable bonds is 6. The van der Waals surface area contributed by atoms with Gasteiger partial charge in [-0.2, -0.15) is 0 Å². The van der Waals surface area contributed by atoms with Crippen molar-refractivity contribution in [3.05, 3.63) is 24.4 Å². The predicted molar refractivity (Wildman–Crippen MR) is 96.9 cm³/mol. The van der Waals surface area contributed by atoms with Crippen LogP contribution in [0.4, 0.5) is 0 Å². The number of carboxylic acid groups (broad SMARTS) is 1. The summed E-state index contributed by atoms with van der Waals surface area (Å²) in [6.45, 7) is 14.6. The molecule has 24 heavy (non-hydrogen) atoms. The second-order valence-electron chi connectivity index (χ2n) is 6.98. The zero-order valence-electron chi connectivity index (χ0n) is 15.5. The Morgan fingerprint density at radius 1 is 1.29 bits per heavy atom. The third kappa shape index (κ3) is 5.05. The van der Waals surface area contributed by atoms with E-state index in [1.165, 1.54) is 0 Å². The fourth-order valence-electron chi connectivity index (χ4n) is 2.91. The molecule has 1 aliphatic rings. The molecule has 1 N–H and O–H groups in total. The first kappa shape index (κ1) is 20.1. The maximum atomic E-state index is 12.8. The maximum Gasteiger partial charge on any atom is 0.308 e. The van der Waals surface area contributed by atoms with Crippen LogP contribution in [-0.2, 0) is 9.59 Å². The molecule has 3 atom stereocenters. The molecule has 1 rings (SSSR count). The number of aliphatic imine (C=N–C) groups is 1. The molecule has 134 valence electrons. The summed E-state index contributed by atoms with van der Waals surface area (Å²) in [5.41, 5.74) is 1.29. The topological polar surface area (TPSA) is 70.0 Å². The van der Waals surface area contributed by atoms with E-state index >= 15 is 0 Å². The summed E-state index contributed by atoms with van der Waals surface area (Å²) in [5.74, 6) is -1.13. The Labute approximate surface area is 145 Å². The molecule has 0 aromatic carbocycles. The van der Waals surface area contributed by atoms with Gasteiger partial charge in [0.1, 0.15) is 0 Å². The summed E-state index contributed by atoms with van der Waals surface area (Å²) in [4.78, 5) is 30.2. The molecule has 5 nitrogen and oxygen atoms in total. The van der Waals surface area contributed by atoms with Gasteiger partial charge >= 0.3 is 5.97 Å². The van der Waals surface area contributed by atoms with Crippen molar-refractivity contribution in [3.63, 3.8) is 0 Å². The Balaban J connectivity index is 2.91. The highest BCUT2D eigenvalue weighted by Gasteiger charge is 2.36. The minimum atomic E-state index is -0.831. The lowest BCUT2D eigenvalue weighted by atomic mass is 9.82. The van der Waals surface area contributed by atoms with E-state index in [1.54, 1.807) is 11.1 Å². The molecule has 1 amide bonds. The highest BCUT2D eigenvalue weighted by molar-refractivity contribution is 6.01. The second-order valence-corrected chi connectivity index (χ2v) is 6.98. The van der Waals surface area contributed by atoms with E-state index in [4.69, 9.17) is 0 Å². The van der Waals surface area contributed by atoms with Crippen LogP contribution < -0.4 is 0 Å². The van der Waals surface area contributed by atoms with Crippen molar-refractivity contribution in [2.75, 3.05) is 13.1 Å². The van der Waals surface area contributed by atoms with E-state index in [9.17, 15) is 14.7 Å². The van der Waals surface area contributed by atoms with Crippen molar-refractivity contribution in [1.29, 1.82) is 0 Å². The average Bonchev–Trinajstić information content (AvgIpc) is 2.56. The average molecular weight is 334 g/mol. The molecular weight excluding hydrogens is 304 g/mol.